The number of rotatable bonds is 0. The Morgan fingerprint density at radius 3 is 2.56 bits per heavy atom. The summed E-state index contributed by atoms with van der Waals surface area (Å²) in [5.74, 6) is 3.19. The molecular formula is C20H21NO6. The van der Waals surface area contributed by atoms with Gasteiger partial charge in [-0.05, 0) is 48.4 Å². The third kappa shape index (κ3) is 2.19. The van der Waals surface area contributed by atoms with E-state index in [4.69, 9.17) is 18.9 Å². The molecule has 7 heteroatoms. The van der Waals surface area contributed by atoms with E-state index in [9.17, 15) is 5.11 Å². The van der Waals surface area contributed by atoms with Crippen molar-refractivity contribution in [2.24, 2.45) is 0 Å². The van der Waals surface area contributed by atoms with E-state index in [1.54, 1.807) is 0 Å². The number of hydrogen-bond acceptors (Lipinski definition) is 6. The third-order valence-corrected chi connectivity index (χ3v) is 6.06. The lowest BCUT2D eigenvalue weighted by molar-refractivity contribution is 0.0591. The van der Waals surface area contributed by atoms with Gasteiger partial charge < -0.3 is 29.5 Å². The zero-order chi connectivity index (χ0) is 17.4. The number of aliphatic hydroxyl groups excluding tert-OH is 1. The zero-order valence-corrected chi connectivity index (χ0v) is 14.9. The molecule has 0 amide bonds. The summed E-state index contributed by atoms with van der Waals surface area (Å²) in [7, 11) is 2.10. The molecule has 3 N–H and O–H groups in total. The van der Waals surface area contributed by atoms with E-state index in [0.29, 0.717) is 6.42 Å². The Kier molecular flexibility index (Phi) is 3.56. The van der Waals surface area contributed by atoms with E-state index in [-0.39, 0.29) is 31.0 Å². The number of benzene rings is 2. The molecule has 6 rings (SSSR count). The molecule has 0 unspecified atom stereocenters. The number of fused-ring (bicyclic) bond motifs is 8. The van der Waals surface area contributed by atoms with Gasteiger partial charge in [-0.15, -0.1) is 0 Å². The van der Waals surface area contributed by atoms with E-state index < -0.39 is 6.10 Å². The standard InChI is InChI=1S/C20H19NO5.H2O/c1-21-7-13-11(2-3-15-20(13)26-9-23-15)18-14(22)4-10-5-16-17(25-8-24-16)6-12(10)19(18)21;/h2-3,5-6,14,18-19,22H,4,7-9H2,1H3;1H2/t14-,18-,19+;/m0./s1. The molecule has 27 heavy (non-hydrogen) atoms. The van der Waals surface area contributed by atoms with E-state index in [1.165, 1.54) is 5.56 Å². The molecule has 3 atom stereocenters. The maximum Gasteiger partial charge on any atom is 0.231 e. The molecule has 7 nitrogen and oxygen atoms in total. The number of likely N-dealkylation sites (N-methyl/N-ethyl adjacent to an activating group) is 1. The van der Waals surface area contributed by atoms with Crippen molar-refractivity contribution in [2.75, 3.05) is 20.6 Å². The van der Waals surface area contributed by atoms with Gasteiger partial charge >= 0.3 is 0 Å². The minimum absolute atomic E-state index is 0. The van der Waals surface area contributed by atoms with Crippen molar-refractivity contribution in [3.05, 3.63) is 46.5 Å². The van der Waals surface area contributed by atoms with Crippen molar-refractivity contribution in [1.82, 2.24) is 4.90 Å². The molecule has 0 aromatic heterocycles. The molecule has 0 saturated carbocycles. The second-order valence-electron chi connectivity index (χ2n) is 7.43. The Morgan fingerprint density at radius 2 is 1.70 bits per heavy atom. The molecule has 0 radical (unpaired) electrons. The summed E-state index contributed by atoms with van der Waals surface area (Å²) >= 11 is 0. The van der Waals surface area contributed by atoms with Gasteiger partial charge in [0.25, 0.3) is 0 Å². The van der Waals surface area contributed by atoms with Crippen LogP contribution in [0.4, 0.5) is 0 Å². The lowest BCUT2D eigenvalue weighted by Crippen LogP contribution is -2.43. The lowest BCUT2D eigenvalue weighted by atomic mass is 9.70. The van der Waals surface area contributed by atoms with Gasteiger partial charge in [0.15, 0.2) is 23.0 Å². The highest BCUT2D eigenvalue weighted by Gasteiger charge is 2.45. The molecule has 0 spiro atoms. The minimum atomic E-state index is -0.463. The molecule has 3 heterocycles. The van der Waals surface area contributed by atoms with Gasteiger partial charge in [0.2, 0.25) is 13.6 Å². The smallest absolute Gasteiger partial charge is 0.231 e. The van der Waals surface area contributed by atoms with Gasteiger partial charge in [-0.2, -0.15) is 0 Å². The summed E-state index contributed by atoms with van der Waals surface area (Å²) in [6.07, 6.45) is 0.143. The van der Waals surface area contributed by atoms with Crippen LogP contribution in [0.25, 0.3) is 0 Å². The first-order valence-corrected chi connectivity index (χ1v) is 8.93. The maximum atomic E-state index is 11.0. The van der Waals surface area contributed by atoms with Crippen molar-refractivity contribution in [2.45, 2.75) is 31.0 Å². The monoisotopic (exact) mass is 371 g/mol. The van der Waals surface area contributed by atoms with Crippen molar-refractivity contribution in [3.8, 4) is 23.0 Å². The van der Waals surface area contributed by atoms with Gasteiger partial charge in [0.05, 0.1) is 6.10 Å². The molecule has 2 aromatic rings. The topological polar surface area (TPSA) is 91.9 Å². The van der Waals surface area contributed by atoms with Crippen LogP contribution in [0, 0.1) is 0 Å². The molecule has 0 saturated heterocycles. The zero-order valence-electron chi connectivity index (χ0n) is 14.9. The highest BCUT2D eigenvalue weighted by atomic mass is 16.7. The quantitative estimate of drug-likeness (QED) is 0.755. The largest absolute Gasteiger partial charge is 0.454 e. The molecule has 142 valence electrons. The predicted octanol–water partition coefficient (Wildman–Crippen LogP) is 1.51. The summed E-state index contributed by atoms with van der Waals surface area (Å²) in [4.78, 5) is 2.29. The molecule has 3 aliphatic heterocycles. The normalized spacial score (nSPS) is 26.7. The van der Waals surface area contributed by atoms with Gasteiger partial charge in [0.1, 0.15) is 0 Å². The predicted molar refractivity (Wildman–Crippen MR) is 95.4 cm³/mol. The summed E-state index contributed by atoms with van der Waals surface area (Å²) in [6.45, 7) is 1.28. The van der Waals surface area contributed by atoms with Gasteiger partial charge in [-0.1, -0.05) is 6.07 Å². The van der Waals surface area contributed by atoms with Gasteiger partial charge in [-0.3, -0.25) is 4.90 Å². The summed E-state index contributed by atoms with van der Waals surface area (Å²) in [5, 5.41) is 11.0. The molecule has 1 aliphatic carbocycles. The average molecular weight is 371 g/mol. The van der Waals surface area contributed by atoms with E-state index in [0.717, 1.165) is 46.2 Å². The summed E-state index contributed by atoms with van der Waals surface area (Å²) in [6, 6.07) is 8.27. The third-order valence-electron chi connectivity index (χ3n) is 6.06. The summed E-state index contributed by atoms with van der Waals surface area (Å²) < 4.78 is 22.4. The maximum absolute atomic E-state index is 11.0. The number of aliphatic hydroxyl groups is 1. The Morgan fingerprint density at radius 1 is 0.963 bits per heavy atom. The first-order chi connectivity index (χ1) is 12.7. The molecular weight excluding hydrogens is 350 g/mol. The van der Waals surface area contributed by atoms with Crippen LogP contribution in [-0.4, -0.2) is 42.2 Å². The fourth-order valence-electron chi connectivity index (χ4n) is 4.97. The van der Waals surface area contributed by atoms with E-state index in [2.05, 4.69) is 24.1 Å². The first-order valence-electron chi connectivity index (χ1n) is 8.93. The molecule has 4 aliphatic rings. The van der Waals surface area contributed by atoms with Crippen molar-refractivity contribution in [3.63, 3.8) is 0 Å². The lowest BCUT2D eigenvalue weighted by Gasteiger charge is -2.46. The molecule has 2 aromatic carbocycles. The Balaban J connectivity index is 0.00000160. The second kappa shape index (κ2) is 5.76. The number of nitrogens with zero attached hydrogens (tertiary/aromatic N) is 1. The highest BCUT2D eigenvalue weighted by molar-refractivity contribution is 5.58. The van der Waals surface area contributed by atoms with Crippen LogP contribution in [0.15, 0.2) is 24.3 Å². The minimum Gasteiger partial charge on any atom is -0.454 e. The van der Waals surface area contributed by atoms with E-state index in [1.807, 2.05) is 12.1 Å². The van der Waals surface area contributed by atoms with Crippen molar-refractivity contribution < 1.29 is 29.5 Å². The SMILES string of the molecule is CN1Cc2c(ccc3c2OCO3)[C@@H]2[C@H]1c1cc3c(cc1C[C@@H]2O)OCO3.O. The molecule has 0 fully saturated rings. The van der Waals surface area contributed by atoms with Gasteiger partial charge in [0, 0.05) is 24.1 Å². The first kappa shape index (κ1) is 16.7. The van der Waals surface area contributed by atoms with Crippen molar-refractivity contribution in [1.29, 1.82) is 0 Å². The Hall–Kier alpha value is -2.48. The summed E-state index contributed by atoms with van der Waals surface area (Å²) in [5.41, 5.74) is 4.65. The van der Waals surface area contributed by atoms with Gasteiger partial charge in [-0.25, -0.2) is 0 Å². The Labute approximate surface area is 156 Å². The average Bonchev–Trinajstić information content (AvgIpc) is 3.28. The van der Waals surface area contributed by atoms with Crippen LogP contribution in [0.1, 0.15) is 34.2 Å². The van der Waals surface area contributed by atoms with Crippen LogP contribution in [0.5, 0.6) is 23.0 Å². The Bertz CT molecular complexity index is 927. The van der Waals surface area contributed by atoms with Crippen LogP contribution < -0.4 is 18.9 Å². The van der Waals surface area contributed by atoms with Crippen LogP contribution in [0.3, 0.4) is 0 Å². The fourth-order valence-corrected chi connectivity index (χ4v) is 4.97. The van der Waals surface area contributed by atoms with E-state index >= 15 is 0 Å². The fraction of sp³-hybridized carbons (Fsp3) is 0.400. The highest BCUT2D eigenvalue weighted by Crippen LogP contribution is 2.54. The van der Waals surface area contributed by atoms with Crippen LogP contribution in [0.2, 0.25) is 0 Å². The van der Waals surface area contributed by atoms with Crippen LogP contribution in [-0.2, 0) is 13.0 Å². The number of ether oxygens (including phenoxy) is 4. The van der Waals surface area contributed by atoms with Crippen LogP contribution >= 0.6 is 0 Å². The molecule has 0 bridgehead atoms. The number of hydrogen-bond donors (Lipinski definition) is 1. The van der Waals surface area contributed by atoms with Crippen molar-refractivity contribution >= 4 is 0 Å². The second-order valence-corrected chi connectivity index (χ2v) is 7.43.